The Kier molecular flexibility index (Phi) is 6.45. The largest absolute Gasteiger partial charge is 0.492 e. The van der Waals surface area contributed by atoms with E-state index in [4.69, 9.17) is 22.7 Å². The highest BCUT2D eigenvalue weighted by atomic mass is 32.1. The number of nitrogens with two attached hydrogens (primary N) is 1. The number of benzene rings is 1. The number of nitrogens with one attached hydrogen (secondary N) is 1. The molecule has 1 aromatic rings. The van der Waals surface area contributed by atoms with Crippen molar-refractivity contribution in [3.63, 3.8) is 0 Å². The molecule has 1 unspecified atom stereocenters. The summed E-state index contributed by atoms with van der Waals surface area (Å²) in [4.78, 5) is 12.2. The lowest BCUT2D eigenvalue weighted by Gasteiger charge is -2.18. The van der Waals surface area contributed by atoms with Gasteiger partial charge in [-0.2, -0.15) is 0 Å². The highest BCUT2D eigenvalue weighted by molar-refractivity contribution is 7.80. The third-order valence-electron chi connectivity index (χ3n) is 2.92. The summed E-state index contributed by atoms with van der Waals surface area (Å²) < 4.78 is 5.56. The van der Waals surface area contributed by atoms with Gasteiger partial charge in [0.2, 0.25) is 5.91 Å². The van der Waals surface area contributed by atoms with Crippen LogP contribution < -0.4 is 15.8 Å². The maximum Gasteiger partial charge on any atom is 0.230 e. The molecule has 0 spiro atoms. The molecule has 110 valence electrons. The van der Waals surface area contributed by atoms with Crippen molar-refractivity contribution in [3.8, 4) is 5.75 Å². The van der Waals surface area contributed by atoms with Crippen molar-refractivity contribution in [2.24, 2.45) is 17.6 Å². The lowest BCUT2D eigenvalue weighted by molar-refractivity contribution is -0.124. The summed E-state index contributed by atoms with van der Waals surface area (Å²) in [5, 5.41) is 2.80. The fraction of sp³-hybridized carbons (Fsp3) is 0.467. The Balaban J connectivity index is 2.37. The van der Waals surface area contributed by atoms with E-state index in [2.05, 4.69) is 5.32 Å². The molecule has 0 bridgehead atoms. The van der Waals surface area contributed by atoms with Crippen molar-refractivity contribution in [1.29, 1.82) is 0 Å². The molecule has 0 heterocycles. The monoisotopic (exact) mass is 294 g/mol. The Labute approximate surface area is 125 Å². The SMILES string of the molecule is Cc1cccc(OCCNC(=O)C(C(N)=S)C(C)C)c1. The highest BCUT2D eigenvalue weighted by Crippen LogP contribution is 2.12. The van der Waals surface area contributed by atoms with Crippen LogP contribution in [0, 0.1) is 18.8 Å². The summed E-state index contributed by atoms with van der Waals surface area (Å²) >= 11 is 4.92. The van der Waals surface area contributed by atoms with Gasteiger partial charge in [0.1, 0.15) is 12.4 Å². The number of amides is 1. The van der Waals surface area contributed by atoms with E-state index in [1.807, 2.05) is 45.0 Å². The maximum absolute atomic E-state index is 12.0. The molecule has 5 heteroatoms. The van der Waals surface area contributed by atoms with Gasteiger partial charge < -0.3 is 15.8 Å². The summed E-state index contributed by atoms with van der Waals surface area (Å²) in [7, 11) is 0. The average molecular weight is 294 g/mol. The Bertz CT molecular complexity index is 475. The Morgan fingerprint density at radius 3 is 2.70 bits per heavy atom. The van der Waals surface area contributed by atoms with Crippen LogP contribution in [0.4, 0.5) is 0 Å². The van der Waals surface area contributed by atoms with Gasteiger partial charge in [-0.25, -0.2) is 0 Å². The van der Waals surface area contributed by atoms with Gasteiger partial charge in [0.05, 0.1) is 17.5 Å². The zero-order valence-electron chi connectivity index (χ0n) is 12.2. The third-order valence-corrected chi connectivity index (χ3v) is 3.17. The van der Waals surface area contributed by atoms with Gasteiger partial charge in [-0.05, 0) is 30.5 Å². The number of rotatable bonds is 7. The Morgan fingerprint density at radius 1 is 1.45 bits per heavy atom. The van der Waals surface area contributed by atoms with E-state index in [1.54, 1.807) is 0 Å². The molecule has 0 saturated heterocycles. The summed E-state index contributed by atoms with van der Waals surface area (Å²) in [6.07, 6.45) is 0. The lowest BCUT2D eigenvalue weighted by atomic mass is 9.95. The molecule has 1 atom stereocenters. The molecule has 0 aliphatic rings. The van der Waals surface area contributed by atoms with Crippen LogP contribution in [-0.2, 0) is 4.79 Å². The number of thiocarbonyl (C=S) groups is 1. The number of carbonyl (C=O) groups excluding carboxylic acids is 1. The molecule has 4 nitrogen and oxygen atoms in total. The van der Waals surface area contributed by atoms with Gasteiger partial charge >= 0.3 is 0 Å². The lowest BCUT2D eigenvalue weighted by Crippen LogP contribution is -2.42. The molecular formula is C15H22N2O2S. The summed E-state index contributed by atoms with van der Waals surface area (Å²) in [6.45, 7) is 6.69. The molecular weight excluding hydrogens is 272 g/mol. The van der Waals surface area contributed by atoms with Gasteiger partial charge in [0.15, 0.2) is 0 Å². The minimum absolute atomic E-state index is 0.0881. The zero-order valence-corrected chi connectivity index (χ0v) is 13.0. The van der Waals surface area contributed by atoms with Crippen LogP contribution in [0.25, 0.3) is 0 Å². The first-order valence-corrected chi connectivity index (χ1v) is 7.09. The quantitative estimate of drug-likeness (QED) is 0.597. The van der Waals surface area contributed by atoms with E-state index in [9.17, 15) is 4.79 Å². The molecule has 0 aliphatic heterocycles. The average Bonchev–Trinajstić information content (AvgIpc) is 2.34. The summed E-state index contributed by atoms with van der Waals surface area (Å²) in [5.74, 6) is 0.323. The number of aryl methyl sites for hydroxylation is 1. The number of hydrogen-bond acceptors (Lipinski definition) is 3. The van der Waals surface area contributed by atoms with Crippen LogP contribution in [0.15, 0.2) is 24.3 Å². The summed E-state index contributed by atoms with van der Waals surface area (Å²) in [5.41, 5.74) is 6.73. The second-order valence-corrected chi connectivity index (χ2v) is 5.55. The van der Waals surface area contributed by atoms with Crippen molar-refractivity contribution in [2.45, 2.75) is 20.8 Å². The van der Waals surface area contributed by atoms with E-state index in [-0.39, 0.29) is 16.8 Å². The predicted octanol–water partition coefficient (Wildman–Crippen LogP) is 2.05. The van der Waals surface area contributed by atoms with Crippen LogP contribution in [0.2, 0.25) is 0 Å². The van der Waals surface area contributed by atoms with E-state index in [1.165, 1.54) is 0 Å². The molecule has 1 aromatic carbocycles. The first kappa shape index (κ1) is 16.4. The molecule has 1 amide bonds. The van der Waals surface area contributed by atoms with Gasteiger partial charge in [0.25, 0.3) is 0 Å². The van der Waals surface area contributed by atoms with Gasteiger partial charge in [-0.3, -0.25) is 4.79 Å². The topological polar surface area (TPSA) is 64.3 Å². The van der Waals surface area contributed by atoms with Gasteiger partial charge in [-0.1, -0.05) is 38.2 Å². The van der Waals surface area contributed by atoms with E-state index < -0.39 is 5.92 Å². The van der Waals surface area contributed by atoms with Crippen molar-refractivity contribution < 1.29 is 9.53 Å². The normalized spacial score (nSPS) is 12.0. The Hall–Kier alpha value is -1.62. The van der Waals surface area contributed by atoms with E-state index in [0.717, 1.165) is 11.3 Å². The first-order valence-electron chi connectivity index (χ1n) is 6.68. The second kappa shape index (κ2) is 7.85. The molecule has 0 aromatic heterocycles. The minimum atomic E-state index is -0.427. The first-order chi connectivity index (χ1) is 9.41. The van der Waals surface area contributed by atoms with E-state index in [0.29, 0.717) is 13.2 Å². The molecule has 20 heavy (non-hydrogen) atoms. The fourth-order valence-corrected chi connectivity index (χ4v) is 2.30. The number of hydrogen-bond donors (Lipinski definition) is 2. The molecule has 0 saturated carbocycles. The van der Waals surface area contributed by atoms with E-state index >= 15 is 0 Å². The van der Waals surface area contributed by atoms with Crippen molar-refractivity contribution in [1.82, 2.24) is 5.32 Å². The van der Waals surface area contributed by atoms with Gasteiger partial charge in [-0.15, -0.1) is 0 Å². The zero-order chi connectivity index (χ0) is 15.1. The van der Waals surface area contributed by atoms with Crippen LogP contribution in [0.5, 0.6) is 5.75 Å². The predicted molar refractivity (Wildman–Crippen MR) is 84.8 cm³/mol. The van der Waals surface area contributed by atoms with Crippen LogP contribution in [0.3, 0.4) is 0 Å². The molecule has 0 fully saturated rings. The fourth-order valence-electron chi connectivity index (χ4n) is 1.92. The maximum atomic E-state index is 12.0. The van der Waals surface area contributed by atoms with Gasteiger partial charge in [0, 0.05) is 0 Å². The van der Waals surface area contributed by atoms with Crippen LogP contribution >= 0.6 is 12.2 Å². The summed E-state index contributed by atoms with van der Waals surface area (Å²) in [6, 6.07) is 7.78. The Morgan fingerprint density at radius 2 is 2.15 bits per heavy atom. The van der Waals surface area contributed by atoms with Crippen molar-refractivity contribution >= 4 is 23.1 Å². The van der Waals surface area contributed by atoms with Crippen molar-refractivity contribution in [2.75, 3.05) is 13.2 Å². The molecule has 3 N–H and O–H groups in total. The van der Waals surface area contributed by atoms with Crippen molar-refractivity contribution in [3.05, 3.63) is 29.8 Å². The second-order valence-electron chi connectivity index (χ2n) is 5.08. The number of carbonyl (C=O) groups is 1. The smallest absolute Gasteiger partial charge is 0.230 e. The van der Waals surface area contributed by atoms with Crippen LogP contribution in [-0.4, -0.2) is 24.0 Å². The van der Waals surface area contributed by atoms with Crippen LogP contribution in [0.1, 0.15) is 19.4 Å². The highest BCUT2D eigenvalue weighted by Gasteiger charge is 2.24. The number of ether oxygens (including phenoxy) is 1. The molecule has 1 rings (SSSR count). The minimum Gasteiger partial charge on any atom is -0.492 e. The standard InChI is InChI=1S/C15H22N2O2S/c1-10(2)13(14(16)20)15(18)17-7-8-19-12-6-4-5-11(3)9-12/h4-6,9-10,13H,7-8H2,1-3H3,(H2,16,20)(H,17,18). The third kappa shape index (κ3) is 5.17. The molecule has 0 aliphatic carbocycles. The molecule has 0 radical (unpaired) electrons.